The number of hydrogen-bond acceptors (Lipinski definition) is 0. The highest BCUT2D eigenvalue weighted by Crippen LogP contribution is 1.68. The van der Waals surface area contributed by atoms with E-state index in [0.29, 0.717) is 0 Å². The SMILES string of the molecule is C=CC[Si][Si]. The summed E-state index contributed by atoms with van der Waals surface area (Å²) >= 11 is 0. The molecule has 0 saturated carbocycles. The quantitative estimate of drug-likeness (QED) is 0.345. The van der Waals surface area contributed by atoms with Gasteiger partial charge >= 0.3 is 0 Å². The van der Waals surface area contributed by atoms with Gasteiger partial charge in [0.2, 0.25) is 0 Å². The Morgan fingerprint density at radius 2 is 2.60 bits per heavy atom. The summed E-state index contributed by atoms with van der Waals surface area (Å²) in [4.78, 5) is 0. The van der Waals surface area contributed by atoms with Crippen molar-refractivity contribution in [3.05, 3.63) is 12.7 Å². The summed E-state index contributed by atoms with van der Waals surface area (Å²) in [6, 6.07) is 1.09. The predicted octanol–water partition coefficient (Wildman–Crippen LogP) is 0.378. The minimum Gasteiger partial charge on any atom is -0.103 e. The van der Waals surface area contributed by atoms with Crippen molar-refractivity contribution >= 4 is 18.8 Å². The van der Waals surface area contributed by atoms with E-state index in [-0.39, 0.29) is 0 Å². The summed E-state index contributed by atoms with van der Waals surface area (Å²) in [7, 11) is 4.15. The molecule has 5 radical (unpaired) electrons. The highest BCUT2D eigenvalue weighted by Gasteiger charge is 1.64. The summed E-state index contributed by atoms with van der Waals surface area (Å²) in [6.07, 6.45) is 1.89. The van der Waals surface area contributed by atoms with Gasteiger partial charge < -0.3 is 0 Å². The molecule has 0 aliphatic carbocycles. The second-order valence-corrected chi connectivity index (χ2v) is 2.49. The Labute approximate surface area is 38.3 Å². The maximum absolute atomic E-state index is 3.53. The molecule has 0 aromatic rings. The monoisotopic (exact) mass is 97.0 g/mol. The third-order valence-corrected chi connectivity index (χ3v) is 1.35. The first kappa shape index (κ1) is 5.17. The molecule has 0 aromatic carbocycles. The molecule has 0 saturated heterocycles. The third-order valence-electron chi connectivity index (χ3n) is 0.246. The fraction of sp³-hybridized carbons (Fsp3) is 0.333. The van der Waals surface area contributed by atoms with Crippen molar-refractivity contribution in [3.8, 4) is 0 Å². The van der Waals surface area contributed by atoms with Crippen LogP contribution in [-0.4, -0.2) is 18.8 Å². The van der Waals surface area contributed by atoms with Crippen LogP contribution in [0.2, 0.25) is 6.04 Å². The van der Waals surface area contributed by atoms with Crippen molar-refractivity contribution in [2.24, 2.45) is 0 Å². The Morgan fingerprint density at radius 1 is 2.00 bits per heavy atom. The Bertz CT molecular complexity index is 26.1. The molecule has 0 unspecified atom stereocenters. The molecule has 0 aliphatic heterocycles. The lowest BCUT2D eigenvalue weighted by atomic mass is 10.8. The molecule has 5 heavy (non-hydrogen) atoms. The van der Waals surface area contributed by atoms with Crippen LogP contribution in [0.3, 0.4) is 0 Å². The van der Waals surface area contributed by atoms with Gasteiger partial charge in [0, 0.05) is 18.8 Å². The fourth-order valence-corrected chi connectivity index (χ4v) is 0.650. The molecule has 0 N–H and O–H groups in total. The van der Waals surface area contributed by atoms with Gasteiger partial charge in [-0.3, -0.25) is 0 Å². The average Bonchev–Trinajstić information content (AvgIpc) is 1.41. The van der Waals surface area contributed by atoms with E-state index in [1.807, 2.05) is 6.08 Å². The second-order valence-electron chi connectivity index (χ2n) is 0.670. The number of allylic oxidation sites excluding steroid dienone is 1. The van der Waals surface area contributed by atoms with E-state index in [0.717, 1.165) is 15.1 Å². The first-order chi connectivity index (χ1) is 2.41. The third kappa shape index (κ3) is 4.17. The molecule has 0 spiro atoms. The van der Waals surface area contributed by atoms with Crippen LogP contribution in [0.4, 0.5) is 0 Å². The zero-order valence-electron chi connectivity index (χ0n) is 2.99. The minimum atomic E-state index is 0.845. The Balaban J connectivity index is 2.40. The zero-order chi connectivity index (χ0) is 4.12. The van der Waals surface area contributed by atoms with Crippen LogP contribution in [0.15, 0.2) is 12.7 Å². The fourth-order valence-electron chi connectivity index (χ4n) is 0.0722. The van der Waals surface area contributed by atoms with Crippen LogP contribution < -0.4 is 0 Å². The van der Waals surface area contributed by atoms with E-state index in [1.165, 1.54) is 0 Å². The standard InChI is InChI=1S/C3H5Si2/c1-2-3-5-4/h2H,1,3H2. The lowest BCUT2D eigenvalue weighted by Crippen LogP contribution is -1.79. The number of hydrogen-bond donors (Lipinski definition) is 0. The summed E-state index contributed by atoms with van der Waals surface area (Å²) in [6.45, 7) is 3.53. The van der Waals surface area contributed by atoms with E-state index in [1.54, 1.807) is 0 Å². The first-order valence-electron chi connectivity index (χ1n) is 1.42. The summed E-state index contributed by atoms with van der Waals surface area (Å²) in [5.41, 5.74) is 0. The van der Waals surface area contributed by atoms with Gasteiger partial charge in [0.05, 0.1) is 0 Å². The molecule has 0 bridgehead atoms. The van der Waals surface area contributed by atoms with Crippen LogP contribution in [0, 0.1) is 0 Å². The van der Waals surface area contributed by atoms with Crippen molar-refractivity contribution in [1.29, 1.82) is 0 Å². The molecule has 0 nitrogen and oxygen atoms in total. The van der Waals surface area contributed by atoms with Crippen LogP contribution in [0.1, 0.15) is 0 Å². The maximum atomic E-state index is 3.53. The van der Waals surface area contributed by atoms with Gasteiger partial charge in [0.15, 0.2) is 0 Å². The second kappa shape index (κ2) is 4.17. The van der Waals surface area contributed by atoms with Gasteiger partial charge in [-0.15, -0.1) is 6.58 Å². The Kier molecular flexibility index (Phi) is 4.32. The average molecular weight is 97.2 g/mol. The highest BCUT2D eigenvalue weighted by molar-refractivity contribution is 6.89. The van der Waals surface area contributed by atoms with Crippen molar-refractivity contribution < 1.29 is 0 Å². The molecular weight excluding hydrogens is 92.2 g/mol. The smallest absolute Gasteiger partial charge is 0.0230 e. The normalized spacial score (nSPS) is 7.40. The molecule has 2 heteroatoms. The van der Waals surface area contributed by atoms with E-state index in [2.05, 4.69) is 16.3 Å². The van der Waals surface area contributed by atoms with Gasteiger partial charge in [-0.1, -0.05) is 6.08 Å². The van der Waals surface area contributed by atoms with Gasteiger partial charge in [-0.2, -0.15) is 0 Å². The Morgan fingerprint density at radius 3 is 2.60 bits per heavy atom. The number of rotatable bonds is 2. The maximum Gasteiger partial charge on any atom is 0.0230 e. The lowest BCUT2D eigenvalue weighted by Gasteiger charge is -1.70. The molecule has 0 atom stereocenters. The molecule has 0 aromatic heterocycles. The summed E-state index contributed by atoms with van der Waals surface area (Å²) in [5.74, 6) is 0. The van der Waals surface area contributed by atoms with Gasteiger partial charge in [0.25, 0.3) is 0 Å². The lowest BCUT2D eigenvalue weighted by molar-refractivity contribution is 1.75. The molecule has 25 valence electrons. The predicted molar refractivity (Wildman–Crippen MR) is 26.5 cm³/mol. The van der Waals surface area contributed by atoms with E-state index in [4.69, 9.17) is 0 Å². The zero-order valence-corrected chi connectivity index (χ0v) is 4.99. The van der Waals surface area contributed by atoms with Crippen LogP contribution in [0.5, 0.6) is 0 Å². The molecule has 0 fully saturated rings. The Hall–Kier alpha value is 0.174. The van der Waals surface area contributed by atoms with Crippen LogP contribution in [0.25, 0.3) is 0 Å². The highest BCUT2D eigenvalue weighted by atomic mass is 29.1. The van der Waals surface area contributed by atoms with Crippen molar-refractivity contribution in [2.75, 3.05) is 0 Å². The molecular formula is C3H5Si2. The molecule has 0 rings (SSSR count). The topological polar surface area (TPSA) is 0 Å². The van der Waals surface area contributed by atoms with Gasteiger partial charge in [0.1, 0.15) is 0 Å². The van der Waals surface area contributed by atoms with Gasteiger partial charge in [-0.25, -0.2) is 0 Å². The minimum absolute atomic E-state index is 0.845. The summed E-state index contributed by atoms with van der Waals surface area (Å²) in [5, 5.41) is 0. The van der Waals surface area contributed by atoms with E-state index < -0.39 is 0 Å². The van der Waals surface area contributed by atoms with Gasteiger partial charge in [-0.05, 0) is 6.04 Å². The molecule has 0 amide bonds. The van der Waals surface area contributed by atoms with Crippen molar-refractivity contribution in [2.45, 2.75) is 6.04 Å². The molecule has 0 aliphatic rings. The van der Waals surface area contributed by atoms with Crippen molar-refractivity contribution in [3.63, 3.8) is 0 Å². The van der Waals surface area contributed by atoms with E-state index >= 15 is 0 Å². The largest absolute Gasteiger partial charge is 0.103 e. The summed E-state index contributed by atoms with van der Waals surface area (Å²) < 4.78 is 0. The molecule has 0 heterocycles. The van der Waals surface area contributed by atoms with E-state index in [9.17, 15) is 0 Å². The first-order valence-corrected chi connectivity index (χ1v) is 4.13. The van der Waals surface area contributed by atoms with Crippen LogP contribution in [-0.2, 0) is 0 Å². The van der Waals surface area contributed by atoms with Crippen LogP contribution >= 0.6 is 0 Å². The van der Waals surface area contributed by atoms with Crippen molar-refractivity contribution in [1.82, 2.24) is 0 Å².